The zero-order chi connectivity index (χ0) is 33.5. The highest BCUT2D eigenvalue weighted by Crippen LogP contribution is 2.34. The maximum atomic E-state index is 6.45. The smallest absolute Gasteiger partial charge is 0.361 e. The minimum Gasteiger partial charge on any atom is -1.00 e. The molecule has 5 aromatic carbocycles. The third-order valence-corrected chi connectivity index (χ3v) is 9.40. The van der Waals surface area contributed by atoms with Crippen molar-refractivity contribution in [3.05, 3.63) is 215 Å². The van der Waals surface area contributed by atoms with Crippen LogP contribution in [0.4, 0.5) is 0 Å². The van der Waals surface area contributed by atoms with Crippen LogP contribution in [0.15, 0.2) is 198 Å². The normalized spacial score (nSPS) is 12.9. The van der Waals surface area contributed by atoms with Gasteiger partial charge in [0.2, 0.25) is 0 Å². The predicted octanol–water partition coefficient (Wildman–Crippen LogP) is 9.64. The first-order valence-electron chi connectivity index (χ1n) is 16.5. The third kappa shape index (κ3) is 8.07. The average Bonchev–Trinajstić information content (AvgIpc) is 3.63. The summed E-state index contributed by atoms with van der Waals surface area (Å²) in [5, 5.41) is 0.943. The van der Waals surface area contributed by atoms with Crippen molar-refractivity contribution in [1.82, 2.24) is 4.98 Å². The molecule has 0 saturated heterocycles. The van der Waals surface area contributed by atoms with Gasteiger partial charge in [0, 0.05) is 16.7 Å². The molecule has 0 unspecified atom stereocenters. The lowest BCUT2D eigenvalue weighted by Gasteiger charge is -2.19. The molecule has 0 saturated carbocycles. The van der Waals surface area contributed by atoms with Gasteiger partial charge in [0.15, 0.2) is 0 Å². The topological polar surface area (TPSA) is 33.4 Å². The molecule has 0 N–H and O–H groups in total. The molecule has 0 spiro atoms. The number of para-hydroxylation sites is 1. The van der Waals surface area contributed by atoms with Crippen molar-refractivity contribution in [3.63, 3.8) is 0 Å². The standard InChI is InChI=1S/C46H32NO2S.HI/c1-5-15-35(16-6-1)41-29-33(30-42(48-41)36-17-7-2-8-18-36)25-27-39(46-47-40-23-13-14-24-45(40)50-46)28-26-34-31-43(37-19-9-3-10-20-37)49-44(32-34)38-21-11-4-12-22-38;/h1-32H;1H/q+1;/p-1. The van der Waals surface area contributed by atoms with Gasteiger partial charge in [-0.3, -0.25) is 0 Å². The summed E-state index contributed by atoms with van der Waals surface area (Å²) < 4.78 is 14.0. The molecule has 51 heavy (non-hydrogen) atoms. The highest BCUT2D eigenvalue weighted by atomic mass is 127. The molecule has 0 radical (unpaired) electrons. The van der Waals surface area contributed by atoms with Gasteiger partial charge < -0.3 is 28.7 Å². The zero-order valence-electron chi connectivity index (χ0n) is 27.5. The number of aromatic nitrogens is 1. The van der Waals surface area contributed by atoms with E-state index in [1.165, 1.54) is 0 Å². The molecule has 0 amide bonds. The summed E-state index contributed by atoms with van der Waals surface area (Å²) in [6.07, 6.45) is 12.8. The minimum absolute atomic E-state index is 0. The Kier molecular flexibility index (Phi) is 10.6. The van der Waals surface area contributed by atoms with Crippen molar-refractivity contribution in [1.29, 1.82) is 0 Å². The molecule has 3 nitrogen and oxygen atoms in total. The Morgan fingerprint density at radius 2 is 1.08 bits per heavy atom. The van der Waals surface area contributed by atoms with Gasteiger partial charge in [-0.05, 0) is 59.7 Å². The first kappa shape index (κ1) is 33.8. The van der Waals surface area contributed by atoms with E-state index >= 15 is 0 Å². The number of allylic oxidation sites excluding steroid dienone is 7. The number of hydrogen-bond donors (Lipinski definition) is 0. The fourth-order valence-corrected chi connectivity index (χ4v) is 6.75. The summed E-state index contributed by atoms with van der Waals surface area (Å²) in [5.74, 6) is 3.22. The van der Waals surface area contributed by atoms with Crippen LogP contribution in [-0.4, -0.2) is 4.98 Å². The Hall–Kier alpha value is -5.63. The van der Waals surface area contributed by atoms with Gasteiger partial charge in [-0.15, -0.1) is 11.3 Å². The summed E-state index contributed by atoms with van der Waals surface area (Å²) >= 11 is 1.69. The molecule has 246 valence electrons. The molecule has 0 aliphatic carbocycles. The largest absolute Gasteiger partial charge is 1.00 e. The van der Waals surface area contributed by atoms with E-state index in [2.05, 4.69) is 115 Å². The van der Waals surface area contributed by atoms with Crippen LogP contribution >= 0.6 is 11.3 Å². The van der Waals surface area contributed by atoms with Crippen LogP contribution in [0.3, 0.4) is 0 Å². The van der Waals surface area contributed by atoms with E-state index in [1.54, 1.807) is 11.3 Å². The summed E-state index contributed by atoms with van der Waals surface area (Å²) in [6.45, 7) is 0. The maximum absolute atomic E-state index is 6.45. The highest BCUT2D eigenvalue weighted by molar-refractivity contribution is 7.19. The monoisotopic (exact) mass is 789 g/mol. The average molecular weight is 790 g/mol. The lowest BCUT2D eigenvalue weighted by Crippen LogP contribution is -3.00. The summed E-state index contributed by atoms with van der Waals surface area (Å²) in [5.41, 5.74) is 8.12. The Bertz CT molecular complexity index is 2280. The molecule has 1 aliphatic rings. The molecule has 0 bridgehead atoms. The van der Waals surface area contributed by atoms with E-state index in [0.717, 1.165) is 77.2 Å². The van der Waals surface area contributed by atoms with E-state index in [-0.39, 0.29) is 24.0 Å². The second-order valence-corrected chi connectivity index (χ2v) is 12.8. The van der Waals surface area contributed by atoms with Gasteiger partial charge in [-0.1, -0.05) is 133 Å². The van der Waals surface area contributed by atoms with Crippen LogP contribution in [-0.2, 0) is 4.74 Å². The summed E-state index contributed by atoms with van der Waals surface area (Å²) in [6, 6.07) is 53.3. The zero-order valence-corrected chi connectivity index (χ0v) is 30.5. The summed E-state index contributed by atoms with van der Waals surface area (Å²) in [4.78, 5) is 5.04. The molecule has 2 aromatic heterocycles. The first-order valence-corrected chi connectivity index (χ1v) is 17.3. The second-order valence-electron chi connectivity index (χ2n) is 11.8. The van der Waals surface area contributed by atoms with Crippen LogP contribution in [0, 0.1) is 0 Å². The number of rotatable bonds is 8. The van der Waals surface area contributed by atoms with Crippen molar-refractivity contribution in [3.8, 4) is 22.6 Å². The van der Waals surface area contributed by atoms with Crippen LogP contribution in [0.2, 0.25) is 0 Å². The second kappa shape index (κ2) is 15.9. The molecule has 5 heteroatoms. The fourth-order valence-electron chi connectivity index (χ4n) is 5.78. The van der Waals surface area contributed by atoms with Gasteiger partial charge in [0.25, 0.3) is 0 Å². The molecule has 7 aromatic rings. The van der Waals surface area contributed by atoms with Crippen LogP contribution in [0.5, 0.6) is 0 Å². The van der Waals surface area contributed by atoms with E-state index in [4.69, 9.17) is 14.1 Å². The van der Waals surface area contributed by atoms with Crippen LogP contribution < -0.4 is 24.0 Å². The van der Waals surface area contributed by atoms with E-state index in [0.29, 0.717) is 0 Å². The van der Waals surface area contributed by atoms with Crippen molar-refractivity contribution in [2.24, 2.45) is 0 Å². The number of hydrogen-bond acceptors (Lipinski definition) is 3. The number of fused-ring (bicyclic) bond motifs is 1. The molecule has 0 fully saturated rings. The molecule has 8 rings (SSSR count). The maximum Gasteiger partial charge on any atom is 0.361 e. The summed E-state index contributed by atoms with van der Waals surface area (Å²) in [7, 11) is 0. The predicted molar refractivity (Wildman–Crippen MR) is 209 cm³/mol. The van der Waals surface area contributed by atoms with Crippen LogP contribution in [0.25, 0.3) is 56.0 Å². The number of thiazole rings is 1. The Morgan fingerprint density at radius 3 is 1.61 bits per heavy atom. The number of benzene rings is 5. The van der Waals surface area contributed by atoms with Gasteiger partial charge in [0.1, 0.15) is 16.5 Å². The first-order chi connectivity index (χ1) is 24.7. The molecular weight excluding hydrogens is 757 g/mol. The third-order valence-electron chi connectivity index (χ3n) is 8.32. The highest BCUT2D eigenvalue weighted by Gasteiger charge is 2.19. The van der Waals surface area contributed by atoms with E-state index in [9.17, 15) is 0 Å². The van der Waals surface area contributed by atoms with Crippen molar-refractivity contribution in [2.45, 2.75) is 0 Å². The van der Waals surface area contributed by atoms with E-state index in [1.807, 2.05) is 78.9 Å². The minimum atomic E-state index is 0. The van der Waals surface area contributed by atoms with E-state index < -0.39 is 0 Å². The SMILES string of the molecule is C(/C=C(/C=C/c1cc(-c2ccccc2)[o+]c(-c2ccccc2)c1)c1nc2ccccc2s1)=C1C=C(c2ccccc2)OC(c2ccccc2)=C1.[I-]. The van der Waals surface area contributed by atoms with Gasteiger partial charge >= 0.3 is 11.5 Å². The van der Waals surface area contributed by atoms with Gasteiger partial charge in [-0.2, -0.15) is 0 Å². The van der Waals surface area contributed by atoms with Gasteiger partial charge in [-0.25, -0.2) is 9.40 Å². The number of nitrogens with zero attached hydrogens (tertiary/aromatic N) is 1. The van der Waals surface area contributed by atoms with Crippen molar-refractivity contribution in [2.75, 3.05) is 0 Å². The molecule has 0 atom stereocenters. The molecular formula is C46H32INO2S. The number of ether oxygens (including phenoxy) is 1. The Labute approximate surface area is 319 Å². The van der Waals surface area contributed by atoms with Gasteiger partial charge in [0.05, 0.1) is 33.5 Å². The lowest BCUT2D eigenvalue weighted by atomic mass is 10.0. The quantitative estimate of drug-likeness (QED) is 0.0874. The molecule has 1 aliphatic heterocycles. The van der Waals surface area contributed by atoms with Crippen molar-refractivity contribution < 1.29 is 33.1 Å². The number of halogens is 1. The Balaban J connectivity index is 0.00000406. The Morgan fingerprint density at radius 1 is 0.588 bits per heavy atom. The molecule has 3 heterocycles. The fraction of sp³-hybridized carbons (Fsp3) is 0. The van der Waals surface area contributed by atoms with Crippen molar-refractivity contribution >= 4 is 44.7 Å². The van der Waals surface area contributed by atoms with Crippen LogP contribution in [0.1, 0.15) is 21.7 Å². The lowest BCUT2D eigenvalue weighted by molar-refractivity contribution is -0.0000105.